The second kappa shape index (κ2) is 7.82. The predicted molar refractivity (Wildman–Crippen MR) is 96.4 cm³/mol. The predicted octanol–water partition coefficient (Wildman–Crippen LogP) is 3.57. The first-order chi connectivity index (χ1) is 12.2. The molecule has 0 spiro atoms. The Bertz CT molecular complexity index is 851. The van der Waals surface area contributed by atoms with Gasteiger partial charge in [0, 0.05) is 17.5 Å². The summed E-state index contributed by atoms with van der Waals surface area (Å²) in [5.74, 6) is 0.855. The maximum atomic E-state index is 9.08. The molecule has 0 unspecified atom stereocenters. The standard InChI is InChI=1S/C20H22N4O/c1-16-8-9-17(2)24(16)20-14-19(10-11-21)23(22-20)12-13-25-15-18-6-4-3-5-7-18/h3-9,14H,10,12-13,15H2,1-2H3. The van der Waals surface area contributed by atoms with Crippen LogP contribution in [0, 0.1) is 25.2 Å². The summed E-state index contributed by atoms with van der Waals surface area (Å²) >= 11 is 0. The van der Waals surface area contributed by atoms with Gasteiger partial charge in [0.25, 0.3) is 0 Å². The maximum Gasteiger partial charge on any atom is 0.159 e. The second-order valence-corrected chi connectivity index (χ2v) is 6.04. The number of aryl methyl sites for hydroxylation is 2. The molecule has 3 aromatic rings. The molecule has 0 aliphatic rings. The van der Waals surface area contributed by atoms with Crippen LogP contribution in [0.3, 0.4) is 0 Å². The van der Waals surface area contributed by atoms with Crippen molar-refractivity contribution >= 4 is 0 Å². The summed E-state index contributed by atoms with van der Waals surface area (Å²) in [6, 6.07) is 18.4. The van der Waals surface area contributed by atoms with E-state index in [2.05, 4.69) is 41.7 Å². The number of hydrogen-bond donors (Lipinski definition) is 0. The van der Waals surface area contributed by atoms with E-state index in [-0.39, 0.29) is 0 Å². The van der Waals surface area contributed by atoms with E-state index in [1.807, 2.05) is 41.1 Å². The molecule has 0 radical (unpaired) electrons. The highest BCUT2D eigenvalue weighted by molar-refractivity contribution is 5.33. The van der Waals surface area contributed by atoms with E-state index in [0.717, 1.165) is 28.5 Å². The first-order valence-electron chi connectivity index (χ1n) is 8.39. The van der Waals surface area contributed by atoms with Crippen LogP contribution in [-0.4, -0.2) is 21.0 Å². The summed E-state index contributed by atoms with van der Waals surface area (Å²) in [7, 11) is 0. The van der Waals surface area contributed by atoms with Gasteiger partial charge in [-0.2, -0.15) is 10.4 Å². The SMILES string of the molecule is Cc1ccc(C)n1-c1cc(CC#N)n(CCOCc2ccccc2)n1. The minimum atomic E-state index is 0.338. The van der Waals surface area contributed by atoms with Crippen LogP contribution in [0.4, 0.5) is 0 Å². The topological polar surface area (TPSA) is 55.8 Å². The van der Waals surface area contributed by atoms with Gasteiger partial charge in [0.05, 0.1) is 37.9 Å². The van der Waals surface area contributed by atoms with Gasteiger partial charge in [-0.1, -0.05) is 30.3 Å². The third-order valence-corrected chi connectivity index (χ3v) is 4.17. The molecular weight excluding hydrogens is 312 g/mol. The van der Waals surface area contributed by atoms with Gasteiger partial charge in [0.2, 0.25) is 0 Å². The molecule has 0 N–H and O–H groups in total. The minimum Gasteiger partial charge on any atom is -0.375 e. The summed E-state index contributed by atoms with van der Waals surface area (Å²) in [4.78, 5) is 0. The number of ether oxygens (including phenoxy) is 1. The summed E-state index contributed by atoms with van der Waals surface area (Å²) < 4.78 is 9.73. The molecule has 0 amide bonds. The summed E-state index contributed by atoms with van der Waals surface area (Å²) in [6.45, 7) is 5.87. The molecule has 3 rings (SSSR count). The van der Waals surface area contributed by atoms with Crippen molar-refractivity contribution in [1.29, 1.82) is 5.26 Å². The van der Waals surface area contributed by atoms with Crippen molar-refractivity contribution in [2.24, 2.45) is 0 Å². The maximum absolute atomic E-state index is 9.08. The molecule has 25 heavy (non-hydrogen) atoms. The quantitative estimate of drug-likeness (QED) is 0.621. The average Bonchev–Trinajstić information content (AvgIpc) is 3.16. The van der Waals surface area contributed by atoms with Crippen molar-refractivity contribution in [3.8, 4) is 11.9 Å². The highest BCUT2D eigenvalue weighted by Crippen LogP contribution is 2.17. The van der Waals surface area contributed by atoms with E-state index in [9.17, 15) is 0 Å². The normalized spacial score (nSPS) is 10.8. The number of nitriles is 1. The number of aromatic nitrogens is 3. The van der Waals surface area contributed by atoms with Crippen molar-refractivity contribution in [3.05, 3.63) is 71.2 Å². The third kappa shape index (κ3) is 3.98. The molecule has 5 heteroatoms. The molecule has 0 fully saturated rings. The fourth-order valence-corrected chi connectivity index (χ4v) is 2.91. The third-order valence-electron chi connectivity index (χ3n) is 4.17. The molecule has 5 nitrogen and oxygen atoms in total. The number of nitrogens with zero attached hydrogens (tertiary/aromatic N) is 4. The second-order valence-electron chi connectivity index (χ2n) is 6.04. The number of benzene rings is 1. The zero-order valence-electron chi connectivity index (χ0n) is 14.6. The van der Waals surface area contributed by atoms with Crippen molar-refractivity contribution in [2.45, 2.75) is 33.4 Å². The minimum absolute atomic E-state index is 0.338. The van der Waals surface area contributed by atoms with Crippen LogP contribution in [0.5, 0.6) is 0 Å². The molecule has 0 saturated carbocycles. The highest BCUT2D eigenvalue weighted by Gasteiger charge is 2.12. The van der Waals surface area contributed by atoms with Gasteiger partial charge in [-0.15, -0.1) is 0 Å². The Labute approximate surface area is 148 Å². The smallest absolute Gasteiger partial charge is 0.159 e. The molecule has 2 aromatic heterocycles. The Morgan fingerprint density at radius 2 is 1.80 bits per heavy atom. The lowest BCUT2D eigenvalue weighted by atomic mass is 10.2. The van der Waals surface area contributed by atoms with Crippen molar-refractivity contribution < 1.29 is 4.74 Å². The molecule has 0 aliphatic carbocycles. The first-order valence-corrected chi connectivity index (χ1v) is 8.39. The van der Waals surface area contributed by atoms with E-state index in [1.165, 1.54) is 0 Å². The Kier molecular flexibility index (Phi) is 5.32. The summed E-state index contributed by atoms with van der Waals surface area (Å²) in [5.41, 5.74) is 4.32. The van der Waals surface area contributed by atoms with Gasteiger partial charge >= 0.3 is 0 Å². The zero-order chi connectivity index (χ0) is 17.6. The Morgan fingerprint density at radius 3 is 2.48 bits per heavy atom. The van der Waals surface area contributed by atoms with Crippen LogP contribution in [0.1, 0.15) is 22.6 Å². The van der Waals surface area contributed by atoms with Crippen LogP contribution in [0.15, 0.2) is 48.5 Å². The average molecular weight is 334 g/mol. The van der Waals surface area contributed by atoms with Crippen LogP contribution < -0.4 is 0 Å². The van der Waals surface area contributed by atoms with Gasteiger partial charge in [-0.05, 0) is 31.5 Å². The molecule has 128 valence electrons. The van der Waals surface area contributed by atoms with Gasteiger partial charge in [0.1, 0.15) is 0 Å². The van der Waals surface area contributed by atoms with Crippen molar-refractivity contribution in [2.75, 3.05) is 6.61 Å². The molecule has 2 heterocycles. The fraction of sp³-hybridized carbons (Fsp3) is 0.300. The first kappa shape index (κ1) is 17.0. The lowest BCUT2D eigenvalue weighted by molar-refractivity contribution is 0.110. The van der Waals surface area contributed by atoms with E-state index in [1.54, 1.807) is 0 Å². The van der Waals surface area contributed by atoms with Crippen molar-refractivity contribution in [3.63, 3.8) is 0 Å². The van der Waals surface area contributed by atoms with Gasteiger partial charge in [-0.3, -0.25) is 4.68 Å². The summed E-state index contributed by atoms with van der Waals surface area (Å²) in [6.07, 6.45) is 0.338. The van der Waals surface area contributed by atoms with Crippen LogP contribution in [0.2, 0.25) is 0 Å². The van der Waals surface area contributed by atoms with E-state index in [4.69, 9.17) is 10.00 Å². The van der Waals surface area contributed by atoms with E-state index < -0.39 is 0 Å². The molecule has 0 saturated heterocycles. The Balaban J connectivity index is 1.69. The van der Waals surface area contributed by atoms with Gasteiger partial charge in [-0.25, -0.2) is 0 Å². The molecule has 0 aliphatic heterocycles. The van der Waals surface area contributed by atoms with E-state index >= 15 is 0 Å². The van der Waals surface area contributed by atoms with Gasteiger partial charge < -0.3 is 9.30 Å². The largest absolute Gasteiger partial charge is 0.375 e. The highest BCUT2D eigenvalue weighted by atomic mass is 16.5. The van der Waals surface area contributed by atoms with Gasteiger partial charge in [0.15, 0.2) is 5.82 Å². The van der Waals surface area contributed by atoms with Crippen LogP contribution in [-0.2, 0) is 24.3 Å². The van der Waals surface area contributed by atoms with E-state index in [0.29, 0.717) is 26.2 Å². The van der Waals surface area contributed by atoms with Crippen LogP contribution in [0.25, 0.3) is 5.82 Å². The lowest BCUT2D eigenvalue weighted by Gasteiger charge is -2.07. The Hall–Kier alpha value is -2.84. The van der Waals surface area contributed by atoms with Crippen molar-refractivity contribution in [1.82, 2.24) is 14.3 Å². The monoisotopic (exact) mass is 334 g/mol. The molecule has 1 aromatic carbocycles. The lowest BCUT2D eigenvalue weighted by Crippen LogP contribution is -2.11. The number of rotatable bonds is 7. The molecular formula is C20H22N4O. The summed E-state index contributed by atoms with van der Waals surface area (Å²) in [5, 5.41) is 13.8. The Morgan fingerprint density at radius 1 is 1.08 bits per heavy atom. The number of hydrogen-bond acceptors (Lipinski definition) is 3. The fourth-order valence-electron chi connectivity index (χ4n) is 2.91. The molecule has 0 bridgehead atoms. The van der Waals surface area contributed by atoms with Crippen LogP contribution >= 0.6 is 0 Å². The molecule has 0 atom stereocenters. The zero-order valence-corrected chi connectivity index (χ0v) is 14.6.